The third-order valence-corrected chi connectivity index (χ3v) is 4.20. The van der Waals surface area contributed by atoms with E-state index >= 15 is 0 Å². The number of fused-ring (bicyclic) bond motifs is 3. The van der Waals surface area contributed by atoms with Crippen LogP contribution in [0.4, 0.5) is 10.5 Å². The van der Waals surface area contributed by atoms with Gasteiger partial charge in [-0.2, -0.15) is 10.2 Å². The lowest BCUT2D eigenvalue weighted by Gasteiger charge is -2.20. The van der Waals surface area contributed by atoms with Crippen LogP contribution in [0, 0.1) is 0 Å². The summed E-state index contributed by atoms with van der Waals surface area (Å²) < 4.78 is 5.39. The second-order valence-corrected chi connectivity index (χ2v) is 5.57. The van der Waals surface area contributed by atoms with Crippen LogP contribution in [0.25, 0.3) is 22.7 Å². The molecule has 9 heteroatoms. The maximum atomic E-state index is 13.1. The minimum atomic E-state index is -0.450. The maximum Gasteiger partial charge on any atom is 0.351 e. The highest BCUT2D eigenvalue weighted by molar-refractivity contribution is 6.26. The number of aromatic nitrogens is 2. The Hall–Kier alpha value is -3.43. The second kappa shape index (κ2) is 6.14. The van der Waals surface area contributed by atoms with Gasteiger partial charge in [-0.1, -0.05) is 12.1 Å². The van der Waals surface area contributed by atoms with E-state index in [0.29, 0.717) is 39.5 Å². The third kappa shape index (κ3) is 2.30. The predicted molar refractivity (Wildman–Crippen MR) is 94.1 cm³/mol. The first-order chi connectivity index (χ1) is 12.7. The summed E-state index contributed by atoms with van der Waals surface area (Å²) in [4.78, 5) is 25.4. The molecule has 0 spiro atoms. The zero-order valence-electron chi connectivity index (χ0n) is 14.1. The van der Waals surface area contributed by atoms with E-state index in [4.69, 9.17) is 4.42 Å². The van der Waals surface area contributed by atoms with Gasteiger partial charge in [0.2, 0.25) is 0 Å². The van der Waals surface area contributed by atoms with Crippen LogP contribution < -0.4 is 16.2 Å². The number of carbonyl (C=O) groups excluding carboxylic acids is 2. The molecule has 0 unspecified atom stereocenters. The van der Waals surface area contributed by atoms with Crippen molar-refractivity contribution in [1.82, 2.24) is 26.2 Å². The molecular weight excluding hydrogens is 336 g/mol. The van der Waals surface area contributed by atoms with Crippen molar-refractivity contribution in [3.63, 3.8) is 0 Å². The molecule has 9 nitrogen and oxygen atoms in total. The Morgan fingerprint density at radius 2 is 1.96 bits per heavy atom. The number of anilines is 1. The summed E-state index contributed by atoms with van der Waals surface area (Å²) >= 11 is 0. The molecule has 1 aromatic carbocycles. The van der Waals surface area contributed by atoms with Crippen molar-refractivity contribution in [2.45, 2.75) is 0 Å². The quantitative estimate of drug-likeness (QED) is 0.418. The lowest BCUT2D eigenvalue weighted by Crippen LogP contribution is -2.50. The first-order valence-corrected chi connectivity index (χ1v) is 7.92. The van der Waals surface area contributed by atoms with Crippen molar-refractivity contribution in [1.29, 1.82) is 0 Å². The molecule has 1 aliphatic carbocycles. The second-order valence-electron chi connectivity index (χ2n) is 5.57. The molecule has 4 N–H and O–H groups in total. The summed E-state index contributed by atoms with van der Waals surface area (Å²) in [5, 5.41) is 11.0. The Morgan fingerprint density at radius 1 is 1.15 bits per heavy atom. The van der Waals surface area contributed by atoms with Gasteiger partial charge in [-0.3, -0.25) is 9.89 Å². The van der Waals surface area contributed by atoms with Gasteiger partial charge in [0.05, 0.1) is 23.1 Å². The fourth-order valence-electron chi connectivity index (χ4n) is 3.07. The molecule has 2 amide bonds. The number of amides is 2. The van der Waals surface area contributed by atoms with Crippen molar-refractivity contribution in [2.75, 3.05) is 19.4 Å². The molecule has 0 saturated carbocycles. The topological polar surface area (TPSA) is 115 Å². The van der Waals surface area contributed by atoms with Crippen molar-refractivity contribution in [3.05, 3.63) is 47.7 Å². The first-order valence-electron chi connectivity index (χ1n) is 7.92. The van der Waals surface area contributed by atoms with E-state index in [0.717, 1.165) is 5.12 Å². The standard InChI is InChI=1S/C17H16N6O3/c1-18-23(19-2)17(25)20-10-6-3-5-9-12(10)16(24)13-14(9)21-22-15(13)11-7-4-8-26-11/h3-8,18-19H,1-2H3,(H,20,25)(H,21,22). The van der Waals surface area contributed by atoms with E-state index in [-0.39, 0.29) is 5.78 Å². The summed E-state index contributed by atoms with van der Waals surface area (Å²) in [7, 11) is 3.20. The number of hydrogen-bond acceptors (Lipinski definition) is 6. The van der Waals surface area contributed by atoms with Gasteiger partial charge in [-0.05, 0) is 18.2 Å². The van der Waals surface area contributed by atoms with E-state index in [9.17, 15) is 9.59 Å². The van der Waals surface area contributed by atoms with E-state index in [1.54, 1.807) is 44.4 Å². The van der Waals surface area contributed by atoms with Gasteiger partial charge in [0.15, 0.2) is 11.5 Å². The fourth-order valence-corrected chi connectivity index (χ4v) is 3.07. The van der Waals surface area contributed by atoms with Crippen LogP contribution in [-0.2, 0) is 0 Å². The molecule has 3 aromatic rings. The molecule has 0 radical (unpaired) electrons. The zero-order chi connectivity index (χ0) is 18.3. The molecule has 0 fully saturated rings. The van der Waals surface area contributed by atoms with Crippen LogP contribution in [0.5, 0.6) is 0 Å². The van der Waals surface area contributed by atoms with Crippen molar-refractivity contribution in [3.8, 4) is 22.7 Å². The molecule has 0 aliphatic heterocycles. The summed E-state index contributed by atoms with van der Waals surface area (Å²) in [6, 6.07) is 8.29. The number of nitrogens with zero attached hydrogens (tertiary/aromatic N) is 2. The zero-order valence-corrected chi connectivity index (χ0v) is 14.1. The molecule has 0 bridgehead atoms. The molecular formula is C17H16N6O3. The van der Waals surface area contributed by atoms with Crippen LogP contribution in [0.3, 0.4) is 0 Å². The maximum absolute atomic E-state index is 13.1. The first kappa shape index (κ1) is 16.1. The normalized spacial score (nSPS) is 12.0. The highest BCUT2D eigenvalue weighted by Gasteiger charge is 2.36. The van der Waals surface area contributed by atoms with E-state index < -0.39 is 6.03 Å². The van der Waals surface area contributed by atoms with Crippen molar-refractivity contribution in [2.24, 2.45) is 0 Å². The predicted octanol–water partition coefficient (Wildman–Crippen LogP) is 1.98. The van der Waals surface area contributed by atoms with E-state index in [1.165, 1.54) is 6.26 Å². The molecule has 0 atom stereocenters. The molecule has 1 aliphatic rings. The van der Waals surface area contributed by atoms with Crippen molar-refractivity contribution >= 4 is 17.5 Å². The number of rotatable bonds is 4. The Balaban J connectivity index is 1.75. The van der Waals surface area contributed by atoms with Gasteiger partial charge in [-0.25, -0.2) is 15.6 Å². The average molecular weight is 352 g/mol. The van der Waals surface area contributed by atoms with Gasteiger partial charge in [0, 0.05) is 19.7 Å². The number of ketones is 1. The van der Waals surface area contributed by atoms with E-state index in [2.05, 4.69) is 26.4 Å². The summed E-state index contributed by atoms with van der Waals surface area (Å²) in [6.07, 6.45) is 1.53. The van der Waals surface area contributed by atoms with Gasteiger partial charge in [0.1, 0.15) is 11.4 Å². The number of carbonyl (C=O) groups is 2. The smallest absolute Gasteiger partial charge is 0.351 e. The van der Waals surface area contributed by atoms with Gasteiger partial charge < -0.3 is 9.73 Å². The highest BCUT2D eigenvalue weighted by atomic mass is 16.3. The van der Waals surface area contributed by atoms with Crippen LogP contribution in [0.2, 0.25) is 0 Å². The minimum absolute atomic E-state index is 0.216. The number of nitrogens with one attached hydrogen (secondary N) is 4. The fraction of sp³-hybridized carbons (Fsp3) is 0.118. The minimum Gasteiger partial charge on any atom is -0.463 e. The Labute approximate surface area is 148 Å². The Kier molecular flexibility index (Phi) is 3.79. The highest BCUT2D eigenvalue weighted by Crippen LogP contribution is 2.42. The number of H-pyrrole nitrogens is 1. The van der Waals surface area contributed by atoms with Crippen molar-refractivity contribution < 1.29 is 14.0 Å². The SMILES string of the molecule is CNN(NC)C(=O)Nc1cccc2c1C(=O)c1c-2n[nH]c1-c1ccco1. The largest absolute Gasteiger partial charge is 0.463 e. The number of furan rings is 1. The summed E-state index contributed by atoms with van der Waals surface area (Å²) in [5.74, 6) is 0.313. The van der Waals surface area contributed by atoms with Crippen LogP contribution in [0.15, 0.2) is 41.0 Å². The molecule has 132 valence electrons. The van der Waals surface area contributed by atoms with Gasteiger partial charge in [-0.15, -0.1) is 0 Å². The molecule has 0 saturated heterocycles. The van der Waals surface area contributed by atoms with Crippen LogP contribution >= 0.6 is 0 Å². The number of urea groups is 1. The van der Waals surface area contributed by atoms with Crippen LogP contribution in [-0.4, -0.2) is 41.2 Å². The lowest BCUT2D eigenvalue weighted by atomic mass is 10.1. The Bertz CT molecular complexity index is 988. The van der Waals surface area contributed by atoms with Gasteiger partial charge >= 0.3 is 6.03 Å². The lowest BCUT2D eigenvalue weighted by molar-refractivity contribution is 0.104. The molecule has 26 heavy (non-hydrogen) atoms. The van der Waals surface area contributed by atoms with E-state index in [1.807, 2.05) is 0 Å². The number of hydrogen-bond donors (Lipinski definition) is 4. The average Bonchev–Trinajstić information content (AvgIpc) is 3.35. The molecule has 4 rings (SSSR count). The molecule has 2 heterocycles. The monoisotopic (exact) mass is 352 g/mol. The number of aromatic amines is 1. The Morgan fingerprint density at radius 3 is 2.65 bits per heavy atom. The third-order valence-electron chi connectivity index (χ3n) is 4.20. The number of hydrazine groups is 2. The summed E-state index contributed by atoms with van der Waals surface area (Å²) in [5.41, 5.74) is 8.37. The summed E-state index contributed by atoms with van der Waals surface area (Å²) in [6.45, 7) is 0. The molecule has 2 aromatic heterocycles. The van der Waals surface area contributed by atoms with Crippen LogP contribution in [0.1, 0.15) is 15.9 Å². The number of benzene rings is 1. The van der Waals surface area contributed by atoms with Gasteiger partial charge in [0.25, 0.3) is 0 Å².